The van der Waals surface area contributed by atoms with E-state index in [4.69, 9.17) is 32.7 Å². The molecule has 0 saturated carbocycles. The highest BCUT2D eigenvalue weighted by Crippen LogP contribution is 2.37. The Hall–Kier alpha value is -1.59. The zero-order chi connectivity index (χ0) is 17.1. The lowest BCUT2D eigenvalue weighted by molar-refractivity contribution is 0.242. The van der Waals surface area contributed by atoms with Gasteiger partial charge in [0.25, 0.3) is 0 Å². The van der Waals surface area contributed by atoms with Gasteiger partial charge in [0.05, 0.1) is 34.6 Å². The minimum atomic E-state index is -0.546. The Morgan fingerprint density at radius 2 is 1.91 bits per heavy atom. The van der Waals surface area contributed by atoms with Gasteiger partial charge in [-0.1, -0.05) is 30.1 Å². The van der Waals surface area contributed by atoms with Crippen LogP contribution in [0.4, 0.5) is 4.39 Å². The molecule has 0 radical (unpaired) electrons. The van der Waals surface area contributed by atoms with E-state index in [1.165, 1.54) is 19.2 Å². The summed E-state index contributed by atoms with van der Waals surface area (Å²) in [5, 5.41) is 0.470. The van der Waals surface area contributed by atoms with Crippen LogP contribution in [-0.2, 0) is 6.42 Å². The van der Waals surface area contributed by atoms with E-state index in [2.05, 4.69) is 9.97 Å². The molecule has 1 aromatic heterocycles. The van der Waals surface area contributed by atoms with Gasteiger partial charge in [-0.2, -0.15) is 9.97 Å². The summed E-state index contributed by atoms with van der Waals surface area (Å²) in [6.07, 6.45) is 0.461. The Morgan fingerprint density at radius 3 is 2.48 bits per heavy atom. The van der Waals surface area contributed by atoms with Crippen LogP contribution < -0.4 is 9.47 Å². The third kappa shape index (κ3) is 3.85. The van der Waals surface area contributed by atoms with Crippen LogP contribution in [0, 0.1) is 5.82 Å². The van der Waals surface area contributed by atoms with E-state index in [1.807, 2.05) is 20.8 Å². The molecule has 0 aliphatic rings. The number of methoxy groups -OCH3 is 1. The van der Waals surface area contributed by atoms with E-state index in [0.29, 0.717) is 17.9 Å². The quantitative estimate of drug-likeness (QED) is 0.758. The third-order valence-corrected chi connectivity index (χ3v) is 3.75. The van der Waals surface area contributed by atoms with Crippen LogP contribution in [0.5, 0.6) is 11.8 Å². The number of hydrogen-bond acceptors (Lipinski definition) is 4. The predicted octanol–water partition coefficient (Wildman–Crippen LogP) is 4.95. The molecule has 1 heterocycles. The van der Waals surface area contributed by atoms with E-state index < -0.39 is 5.82 Å². The van der Waals surface area contributed by atoms with Crippen molar-refractivity contribution < 1.29 is 13.9 Å². The van der Waals surface area contributed by atoms with Crippen LogP contribution in [-0.4, -0.2) is 23.2 Å². The van der Waals surface area contributed by atoms with Gasteiger partial charge in [0, 0.05) is 5.56 Å². The number of nitrogens with zero attached hydrogens (tertiary/aromatic N) is 2. The zero-order valence-electron chi connectivity index (χ0n) is 13.3. The first-order valence-corrected chi connectivity index (χ1v) is 7.89. The second-order valence-electron chi connectivity index (χ2n) is 5.10. The average Bonchev–Trinajstić information content (AvgIpc) is 2.50. The molecule has 0 aliphatic heterocycles. The molecule has 0 saturated heterocycles. The van der Waals surface area contributed by atoms with Crippen molar-refractivity contribution in [2.24, 2.45) is 0 Å². The molecule has 0 fully saturated rings. The number of hydrogen-bond donors (Lipinski definition) is 0. The van der Waals surface area contributed by atoms with Crippen molar-refractivity contribution in [1.29, 1.82) is 0 Å². The summed E-state index contributed by atoms with van der Waals surface area (Å²) in [4.78, 5) is 8.34. The fourth-order valence-electron chi connectivity index (χ4n) is 2.03. The van der Waals surface area contributed by atoms with Crippen molar-refractivity contribution in [2.75, 3.05) is 7.11 Å². The summed E-state index contributed by atoms with van der Waals surface area (Å²) in [6, 6.07) is 2.80. The Bertz CT molecular complexity index is 724. The highest BCUT2D eigenvalue weighted by atomic mass is 35.5. The van der Waals surface area contributed by atoms with E-state index >= 15 is 0 Å². The summed E-state index contributed by atoms with van der Waals surface area (Å²) >= 11 is 12.4. The molecule has 0 atom stereocenters. The molecule has 7 heteroatoms. The van der Waals surface area contributed by atoms with Crippen molar-refractivity contribution in [3.8, 4) is 23.0 Å². The normalized spacial score (nSPS) is 11.0. The van der Waals surface area contributed by atoms with Gasteiger partial charge in [-0.25, -0.2) is 4.39 Å². The molecule has 0 aliphatic carbocycles. The van der Waals surface area contributed by atoms with Gasteiger partial charge in [0.15, 0.2) is 0 Å². The molecule has 23 heavy (non-hydrogen) atoms. The largest absolute Gasteiger partial charge is 0.489 e. The highest BCUT2D eigenvalue weighted by Gasteiger charge is 2.19. The summed E-state index contributed by atoms with van der Waals surface area (Å²) in [6.45, 7) is 5.60. The number of rotatable bonds is 5. The number of halogens is 3. The minimum absolute atomic E-state index is 0.104. The lowest BCUT2D eigenvalue weighted by Gasteiger charge is -2.15. The number of aryl methyl sites for hydroxylation is 1. The summed E-state index contributed by atoms with van der Waals surface area (Å²) in [7, 11) is 1.44. The second kappa shape index (κ2) is 7.32. The number of ether oxygens (including phenoxy) is 2. The molecule has 0 bridgehead atoms. The van der Waals surface area contributed by atoms with Crippen molar-refractivity contribution in [2.45, 2.75) is 33.3 Å². The van der Waals surface area contributed by atoms with Gasteiger partial charge < -0.3 is 9.47 Å². The summed E-state index contributed by atoms with van der Waals surface area (Å²) in [5.41, 5.74) is 1.01. The van der Waals surface area contributed by atoms with Crippen LogP contribution in [0.2, 0.25) is 10.0 Å². The van der Waals surface area contributed by atoms with Gasteiger partial charge in [0.2, 0.25) is 0 Å². The molecule has 0 unspecified atom stereocenters. The van der Waals surface area contributed by atoms with Crippen LogP contribution in [0.15, 0.2) is 12.1 Å². The van der Waals surface area contributed by atoms with Crippen LogP contribution >= 0.6 is 23.2 Å². The third-order valence-electron chi connectivity index (χ3n) is 3.06. The predicted molar refractivity (Wildman–Crippen MR) is 89.1 cm³/mol. The van der Waals surface area contributed by atoms with Gasteiger partial charge >= 0.3 is 6.01 Å². The van der Waals surface area contributed by atoms with Gasteiger partial charge in [0.1, 0.15) is 11.6 Å². The Balaban J connectivity index is 2.66. The monoisotopic (exact) mass is 358 g/mol. The van der Waals surface area contributed by atoms with Crippen molar-refractivity contribution in [3.63, 3.8) is 0 Å². The summed E-state index contributed by atoms with van der Waals surface area (Å²) in [5.74, 6) is -0.180. The van der Waals surface area contributed by atoms with Crippen LogP contribution in [0.3, 0.4) is 0 Å². The van der Waals surface area contributed by atoms with Crippen molar-refractivity contribution in [3.05, 3.63) is 33.7 Å². The SMILES string of the molecule is CCc1nc(OC)nc(-c2cc(OC(C)C)c(Cl)cc2F)c1Cl. The van der Waals surface area contributed by atoms with E-state index in [-0.39, 0.29) is 33.4 Å². The summed E-state index contributed by atoms with van der Waals surface area (Å²) < 4.78 is 25.1. The lowest BCUT2D eigenvalue weighted by Crippen LogP contribution is -2.07. The molecule has 4 nitrogen and oxygen atoms in total. The standard InChI is InChI=1S/C16H17Cl2FN2O2/c1-5-12-14(18)15(21-16(20-12)22-4)9-6-13(23-8(2)3)10(17)7-11(9)19/h6-8H,5H2,1-4H3. The minimum Gasteiger partial charge on any atom is -0.489 e. The zero-order valence-corrected chi connectivity index (χ0v) is 14.8. The van der Waals surface area contributed by atoms with E-state index in [9.17, 15) is 4.39 Å². The Labute approximate surface area is 144 Å². The maximum Gasteiger partial charge on any atom is 0.316 e. The maximum atomic E-state index is 14.4. The lowest BCUT2D eigenvalue weighted by atomic mass is 10.1. The molecule has 0 spiro atoms. The first-order valence-electron chi connectivity index (χ1n) is 7.13. The van der Waals surface area contributed by atoms with Gasteiger partial charge in [-0.3, -0.25) is 0 Å². The van der Waals surface area contributed by atoms with Gasteiger partial charge in [-0.05, 0) is 32.4 Å². The molecule has 124 valence electrons. The molecule has 0 amide bonds. The average molecular weight is 359 g/mol. The maximum absolute atomic E-state index is 14.4. The Morgan fingerprint density at radius 1 is 1.22 bits per heavy atom. The molecule has 1 aromatic carbocycles. The fourth-order valence-corrected chi connectivity index (χ4v) is 2.54. The first kappa shape index (κ1) is 17.8. The van der Waals surface area contributed by atoms with Crippen molar-refractivity contribution >= 4 is 23.2 Å². The highest BCUT2D eigenvalue weighted by molar-refractivity contribution is 6.34. The number of benzene rings is 1. The van der Waals surface area contributed by atoms with E-state index in [0.717, 1.165) is 0 Å². The van der Waals surface area contributed by atoms with Crippen LogP contribution in [0.1, 0.15) is 26.5 Å². The van der Waals surface area contributed by atoms with Gasteiger partial charge in [-0.15, -0.1) is 0 Å². The molecule has 2 aromatic rings. The van der Waals surface area contributed by atoms with Crippen LogP contribution in [0.25, 0.3) is 11.3 Å². The van der Waals surface area contributed by atoms with E-state index in [1.54, 1.807) is 0 Å². The second-order valence-corrected chi connectivity index (χ2v) is 5.89. The topological polar surface area (TPSA) is 44.2 Å². The first-order chi connectivity index (χ1) is 10.9. The Kier molecular flexibility index (Phi) is 5.65. The molecular weight excluding hydrogens is 342 g/mol. The molecule has 2 rings (SSSR count). The number of aromatic nitrogens is 2. The van der Waals surface area contributed by atoms with Crippen molar-refractivity contribution in [1.82, 2.24) is 9.97 Å². The molecule has 0 N–H and O–H groups in total. The smallest absolute Gasteiger partial charge is 0.316 e. The molecular formula is C16H17Cl2FN2O2. The fraction of sp³-hybridized carbons (Fsp3) is 0.375.